The number of carbonyl (C=O) groups excluding carboxylic acids is 1. The van der Waals surface area contributed by atoms with Gasteiger partial charge >= 0.3 is 6.18 Å². The van der Waals surface area contributed by atoms with E-state index in [1.54, 1.807) is 12.1 Å². The van der Waals surface area contributed by atoms with E-state index in [1.165, 1.54) is 16.7 Å². The van der Waals surface area contributed by atoms with Gasteiger partial charge in [0.25, 0.3) is 5.91 Å². The van der Waals surface area contributed by atoms with Gasteiger partial charge in [0.05, 0.1) is 17.8 Å². The van der Waals surface area contributed by atoms with Crippen LogP contribution in [0, 0.1) is 6.92 Å². The highest BCUT2D eigenvalue weighted by molar-refractivity contribution is 5.95. The van der Waals surface area contributed by atoms with Crippen molar-refractivity contribution in [2.45, 2.75) is 19.6 Å². The normalized spacial score (nSPS) is 11.7. The van der Waals surface area contributed by atoms with Gasteiger partial charge in [-0.3, -0.25) is 4.79 Å². The van der Waals surface area contributed by atoms with E-state index in [2.05, 4.69) is 10.3 Å². The zero-order valence-electron chi connectivity index (χ0n) is 12.8. The van der Waals surface area contributed by atoms with Crippen molar-refractivity contribution in [1.29, 1.82) is 0 Å². The number of hydrogen-bond donors (Lipinski definition) is 1. The molecule has 0 saturated carbocycles. The number of rotatable bonds is 3. The van der Waals surface area contributed by atoms with E-state index < -0.39 is 11.7 Å². The molecule has 0 fully saturated rings. The molecule has 124 valence electrons. The lowest BCUT2D eigenvalue weighted by molar-refractivity contribution is -0.137. The van der Waals surface area contributed by atoms with Crippen molar-refractivity contribution in [1.82, 2.24) is 14.7 Å². The molecule has 0 unspecified atom stereocenters. The summed E-state index contributed by atoms with van der Waals surface area (Å²) in [5.41, 5.74) is 1.53. The summed E-state index contributed by atoms with van der Waals surface area (Å²) in [6.45, 7) is 1.97. The Morgan fingerprint density at radius 1 is 1.17 bits per heavy atom. The average molecular weight is 333 g/mol. The lowest BCUT2D eigenvalue weighted by Gasteiger charge is -2.06. The number of alkyl halides is 3. The van der Waals surface area contributed by atoms with Crippen molar-refractivity contribution in [3.8, 4) is 0 Å². The second kappa shape index (κ2) is 5.99. The molecule has 1 amide bonds. The summed E-state index contributed by atoms with van der Waals surface area (Å²) in [7, 11) is 0. The molecule has 2 aromatic heterocycles. The zero-order valence-corrected chi connectivity index (χ0v) is 12.8. The Hall–Kier alpha value is -2.83. The van der Waals surface area contributed by atoms with Crippen molar-refractivity contribution in [2.75, 3.05) is 0 Å². The standard InChI is InChI=1S/C17H14F3N3O/c1-11-4-2-3-5-14(11)16(24)21-8-13-10-23-9-12(17(18,19)20)6-7-15(23)22-13/h2-7,9-10H,8H2,1H3,(H,21,24). The van der Waals surface area contributed by atoms with Crippen LogP contribution in [0.25, 0.3) is 5.65 Å². The maximum atomic E-state index is 12.7. The molecule has 1 aromatic carbocycles. The highest BCUT2D eigenvalue weighted by Gasteiger charge is 2.30. The number of amides is 1. The number of hydrogen-bond acceptors (Lipinski definition) is 2. The molecule has 2 heterocycles. The van der Waals surface area contributed by atoms with Gasteiger partial charge in [-0.1, -0.05) is 18.2 Å². The van der Waals surface area contributed by atoms with Crippen LogP contribution >= 0.6 is 0 Å². The lowest BCUT2D eigenvalue weighted by Crippen LogP contribution is -2.23. The maximum absolute atomic E-state index is 12.7. The number of nitrogens with one attached hydrogen (secondary N) is 1. The van der Waals surface area contributed by atoms with Gasteiger partial charge in [0.1, 0.15) is 5.65 Å². The van der Waals surface area contributed by atoms with E-state index in [-0.39, 0.29) is 12.5 Å². The number of imidazole rings is 1. The Morgan fingerprint density at radius 2 is 1.92 bits per heavy atom. The number of fused-ring (bicyclic) bond motifs is 1. The monoisotopic (exact) mass is 333 g/mol. The molecule has 0 radical (unpaired) electrons. The third-order valence-electron chi connectivity index (χ3n) is 3.65. The minimum Gasteiger partial charge on any atom is -0.346 e. The van der Waals surface area contributed by atoms with Gasteiger partial charge in [0.2, 0.25) is 0 Å². The third kappa shape index (κ3) is 3.24. The Kier molecular flexibility index (Phi) is 4.01. The quantitative estimate of drug-likeness (QED) is 0.796. The number of pyridine rings is 1. The molecule has 0 atom stereocenters. The maximum Gasteiger partial charge on any atom is 0.417 e. The van der Waals surface area contributed by atoms with E-state index in [0.717, 1.165) is 17.8 Å². The van der Waals surface area contributed by atoms with Crippen molar-refractivity contribution in [2.24, 2.45) is 0 Å². The number of aromatic nitrogens is 2. The molecule has 0 aliphatic heterocycles. The van der Waals surface area contributed by atoms with Gasteiger partial charge in [-0.15, -0.1) is 0 Å². The molecule has 3 rings (SSSR count). The minimum atomic E-state index is -4.41. The van der Waals surface area contributed by atoms with Gasteiger partial charge < -0.3 is 9.72 Å². The van der Waals surface area contributed by atoms with Gasteiger partial charge in [0, 0.05) is 18.0 Å². The first kappa shape index (κ1) is 16.0. The van der Waals surface area contributed by atoms with E-state index in [4.69, 9.17) is 0 Å². The molecule has 0 spiro atoms. The molecule has 0 aliphatic rings. The van der Waals surface area contributed by atoms with Crippen molar-refractivity contribution >= 4 is 11.6 Å². The number of carbonyl (C=O) groups is 1. The number of benzene rings is 1. The fourth-order valence-corrected chi connectivity index (χ4v) is 2.39. The first-order valence-electron chi connectivity index (χ1n) is 7.23. The van der Waals surface area contributed by atoms with Gasteiger partial charge in [-0.25, -0.2) is 4.98 Å². The molecule has 0 saturated heterocycles. The minimum absolute atomic E-state index is 0.135. The summed E-state index contributed by atoms with van der Waals surface area (Å²) in [6, 6.07) is 9.44. The predicted octanol–water partition coefficient (Wildman–Crippen LogP) is 3.59. The Labute approximate surface area is 135 Å². The molecule has 3 aromatic rings. The van der Waals surface area contributed by atoms with E-state index in [9.17, 15) is 18.0 Å². The van der Waals surface area contributed by atoms with E-state index in [0.29, 0.717) is 16.9 Å². The fraction of sp³-hybridized carbons (Fsp3) is 0.176. The fourth-order valence-electron chi connectivity index (χ4n) is 2.39. The summed E-state index contributed by atoms with van der Waals surface area (Å²) >= 11 is 0. The summed E-state index contributed by atoms with van der Waals surface area (Å²) in [6.07, 6.45) is -1.95. The smallest absolute Gasteiger partial charge is 0.346 e. The van der Waals surface area contributed by atoms with E-state index in [1.807, 2.05) is 19.1 Å². The van der Waals surface area contributed by atoms with Crippen LogP contribution in [0.4, 0.5) is 13.2 Å². The largest absolute Gasteiger partial charge is 0.417 e. The van der Waals surface area contributed by atoms with Crippen molar-refractivity contribution in [3.05, 3.63) is 71.2 Å². The van der Waals surface area contributed by atoms with Crippen molar-refractivity contribution in [3.63, 3.8) is 0 Å². The van der Waals surface area contributed by atoms with Gasteiger partial charge in [0.15, 0.2) is 0 Å². The van der Waals surface area contributed by atoms with Crippen LogP contribution in [0.2, 0.25) is 0 Å². The Morgan fingerprint density at radius 3 is 2.62 bits per heavy atom. The van der Waals surface area contributed by atoms with Crippen LogP contribution in [-0.2, 0) is 12.7 Å². The molecule has 24 heavy (non-hydrogen) atoms. The second-order valence-corrected chi connectivity index (χ2v) is 5.41. The topological polar surface area (TPSA) is 46.4 Å². The highest BCUT2D eigenvalue weighted by Crippen LogP contribution is 2.29. The SMILES string of the molecule is Cc1ccccc1C(=O)NCc1cn2cc(C(F)(F)F)ccc2n1. The summed E-state index contributed by atoms with van der Waals surface area (Å²) in [5.74, 6) is -0.249. The van der Waals surface area contributed by atoms with Crippen LogP contribution in [0.3, 0.4) is 0 Å². The molecule has 1 N–H and O–H groups in total. The van der Waals surface area contributed by atoms with E-state index >= 15 is 0 Å². The zero-order chi connectivity index (χ0) is 17.3. The Bertz CT molecular complexity index is 899. The number of halogens is 3. The molecular weight excluding hydrogens is 319 g/mol. The van der Waals surface area contributed by atoms with Crippen LogP contribution in [-0.4, -0.2) is 15.3 Å². The lowest BCUT2D eigenvalue weighted by atomic mass is 10.1. The Balaban J connectivity index is 1.76. The average Bonchev–Trinajstić information content (AvgIpc) is 2.94. The number of nitrogens with zero attached hydrogens (tertiary/aromatic N) is 2. The first-order valence-corrected chi connectivity index (χ1v) is 7.23. The van der Waals surface area contributed by atoms with Crippen molar-refractivity contribution < 1.29 is 18.0 Å². The highest BCUT2D eigenvalue weighted by atomic mass is 19.4. The summed E-state index contributed by atoms with van der Waals surface area (Å²) in [4.78, 5) is 16.3. The predicted molar refractivity (Wildman–Crippen MR) is 82.5 cm³/mol. The van der Waals surface area contributed by atoms with Crippen LogP contribution in [0.5, 0.6) is 0 Å². The molecule has 0 bridgehead atoms. The molecular formula is C17H14F3N3O. The van der Waals surface area contributed by atoms with Crippen LogP contribution < -0.4 is 5.32 Å². The molecule has 4 nitrogen and oxygen atoms in total. The van der Waals surface area contributed by atoms with Crippen LogP contribution in [0.1, 0.15) is 27.2 Å². The third-order valence-corrected chi connectivity index (χ3v) is 3.65. The van der Waals surface area contributed by atoms with Crippen LogP contribution in [0.15, 0.2) is 48.8 Å². The molecule has 7 heteroatoms. The first-order chi connectivity index (χ1) is 11.3. The number of aryl methyl sites for hydroxylation is 1. The van der Waals surface area contributed by atoms with Gasteiger partial charge in [-0.2, -0.15) is 13.2 Å². The second-order valence-electron chi connectivity index (χ2n) is 5.41. The van der Waals surface area contributed by atoms with Gasteiger partial charge in [-0.05, 0) is 30.7 Å². The molecule has 0 aliphatic carbocycles. The summed E-state index contributed by atoms with van der Waals surface area (Å²) < 4.78 is 39.4. The summed E-state index contributed by atoms with van der Waals surface area (Å²) in [5, 5.41) is 2.72.